The number of benzene rings is 2. The number of carbonyl (C=O) groups is 4. The minimum absolute atomic E-state index is 0.0831. The van der Waals surface area contributed by atoms with Crippen molar-refractivity contribution in [2.75, 3.05) is 44.8 Å². The van der Waals surface area contributed by atoms with E-state index in [1.165, 1.54) is 24.3 Å². The number of esters is 1. The van der Waals surface area contributed by atoms with E-state index >= 15 is 0 Å². The molecular weight excluding hydrogens is 468 g/mol. The van der Waals surface area contributed by atoms with E-state index in [4.69, 9.17) is 18.9 Å². The second-order valence-corrected chi connectivity index (χ2v) is 8.37. The third-order valence-corrected chi connectivity index (χ3v) is 5.81. The fourth-order valence-corrected chi connectivity index (χ4v) is 3.95. The number of carbonyl (C=O) groups excluding carboxylic acids is 4. The first-order chi connectivity index (χ1) is 17.4. The molecule has 0 bridgehead atoms. The summed E-state index contributed by atoms with van der Waals surface area (Å²) in [4.78, 5) is 50.8. The third kappa shape index (κ3) is 6.12. The number of fused-ring (bicyclic) bond motifs is 1. The number of piperidine rings is 1. The van der Waals surface area contributed by atoms with Crippen LogP contribution in [0, 0.1) is 0 Å². The molecule has 2 aliphatic rings. The van der Waals surface area contributed by atoms with Gasteiger partial charge in [-0.2, -0.15) is 0 Å². The lowest BCUT2D eigenvalue weighted by Crippen LogP contribution is -2.38. The molecule has 0 aliphatic carbocycles. The van der Waals surface area contributed by atoms with Crippen LogP contribution >= 0.6 is 0 Å². The van der Waals surface area contributed by atoms with Gasteiger partial charge in [0.25, 0.3) is 11.8 Å². The molecule has 10 nitrogen and oxygen atoms in total. The first-order valence-electron chi connectivity index (χ1n) is 11.9. The number of rotatable bonds is 9. The minimum Gasteiger partial charge on any atom is -0.490 e. The lowest BCUT2D eigenvalue weighted by Gasteiger charge is -2.26. The molecule has 0 saturated carbocycles. The highest BCUT2D eigenvalue weighted by Crippen LogP contribution is 2.30. The van der Waals surface area contributed by atoms with Gasteiger partial charge in [0.1, 0.15) is 5.75 Å². The first-order valence-corrected chi connectivity index (χ1v) is 11.9. The highest BCUT2D eigenvalue weighted by molar-refractivity contribution is 6.02. The van der Waals surface area contributed by atoms with Gasteiger partial charge in [0.15, 0.2) is 37.1 Å². The van der Waals surface area contributed by atoms with Gasteiger partial charge < -0.3 is 29.2 Å². The SMILES string of the molecule is CCOc1cc(C(=O)OCC(=O)c2ccc3c(c2)NC(=O)CO3)ccc1OCC(=O)N1CCCCC1. The monoisotopic (exact) mass is 496 g/mol. The second kappa shape index (κ2) is 11.6. The zero-order valence-corrected chi connectivity index (χ0v) is 20.0. The van der Waals surface area contributed by atoms with Crippen LogP contribution in [0.2, 0.25) is 0 Å². The normalized spacial score (nSPS) is 14.7. The maximum Gasteiger partial charge on any atom is 0.338 e. The largest absolute Gasteiger partial charge is 0.490 e. The number of ketones is 1. The number of likely N-dealkylation sites (tertiary alicyclic amines) is 1. The summed E-state index contributed by atoms with van der Waals surface area (Å²) in [5.74, 6) is -0.448. The van der Waals surface area contributed by atoms with Crippen molar-refractivity contribution in [2.24, 2.45) is 0 Å². The average molecular weight is 497 g/mol. The predicted molar refractivity (Wildman–Crippen MR) is 129 cm³/mol. The molecule has 1 N–H and O–H groups in total. The van der Waals surface area contributed by atoms with Crippen molar-refractivity contribution in [1.29, 1.82) is 0 Å². The third-order valence-electron chi connectivity index (χ3n) is 5.81. The van der Waals surface area contributed by atoms with Gasteiger partial charge in [-0.25, -0.2) is 4.79 Å². The summed E-state index contributed by atoms with van der Waals surface area (Å²) in [6.07, 6.45) is 3.11. The highest BCUT2D eigenvalue weighted by atomic mass is 16.5. The van der Waals surface area contributed by atoms with E-state index in [-0.39, 0.29) is 36.2 Å². The molecule has 10 heteroatoms. The molecule has 0 radical (unpaired) electrons. The van der Waals surface area contributed by atoms with Crippen LogP contribution in [0.25, 0.3) is 0 Å². The molecular formula is C26H28N2O8. The number of ether oxygens (including phenoxy) is 4. The van der Waals surface area contributed by atoms with Gasteiger partial charge in [-0.15, -0.1) is 0 Å². The average Bonchev–Trinajstić information content (AvgIpc) is 2.90. The van der Waals surface area contributed by atoms with Gasteiger partial charge in [-0.1, -0.05) is 0 Å². The Morgan fingerprint density at radius 3 is 2.50 bits per heavy atom. The highest BCUT2D eigenvalue weighted by Gasteiger charge is 2.21. The Kier molecular flexibility index (Phi) is 8.04. The van der Waals surface area contributed by atoms with Crippen molar-refractivity contribution in [3.05, 3.63) is 47.5 Å². The standard InChI is InChI=1S/C26H28N2O8/c1-2-33-23-13-18(7-9-22(23)35-16-25(31)28-10-4-3-5-11-28)26(32)36-14-20(29)17-6-8-21-19(12-17)27-24(30)15-34-21/h6-9,12-13H,2-5,10-11,14-16H2,1H3,(H,27,30). The summed E-state index contributed by atoms with van der Waals surface area (Å²) in [7, 11) is 0. The van der Waals surface area contributed by atoms with E-state index < -0.39 is 18.4 Å². The molecule has 1 saturated heterocycles. The number of anilines is 1. The summed E-state index contributed by atoms with van der Waals surface area (Å²) in [6.45, 7) is 2.89. The number of Topliss-reactive ketones (excluding diaryl/α,β-unsaturated/α-hetero) is 1. The van der Waals surface area contributed by atoms with Crippen LogP contribution in [-0.2, 0) is 14.3 Å². The van der Waals surface area contributed by atoms with Gasteiger partial charge in [-0.3, -0.25) is 14.4 Å². The van der Waals surface area contributed by atoms with Crippen molar-refractivity contribution in [3.8, 4) is 17.2 Å². The molecule has 0 aromatic heterocycles. The van der Waals surface area contributed by atoms with Gasteiger partial charge in [0.05, 0.1) is 17.9 Å². The molecule has 2 amide bonds. The Labute approximate surface area is 208 Å². The molecule has 36 heavy (non-hydrogen) atoms. The van der Waals surface area contributed by atoms with Crippen LogP contribution in [0.1, 0.15) is 46.9 Å². The van der Waals surface area contributed by atoms with Crippen LogP contribution in [0.15, 0.2) is 36.4 Å². The summed E-state index contributed by atoms with van der Waals surface area (Å²) in [5, 5.41) is 2.63. The molecule has 2 aromatic carbocycles. The predicted octanol–water partition coefficient (Wildman–Crippen LogP) is 2.85. The number of amides is 2. The minimum atomic E-state index is -0.713. The van der Waals surface area contributed by atoms with Crippen LogP contribution < -0.4 is 19.5 Å². The van der Waals surface area contributed by atoms with E-state index in [1.54, 1.807) is 24.0 Å². The summed E-state index contributed by atoms with van der Waals surface area (Å²) >= 11 is 0. The lowest BCUT2D eigenvalue weighted by molar-refractivity contribution is -0.134. The Hall–Kier alpha value is -4.08. The molecule has 0 atom stereocenters. The van der Waals surface area contributed by atoms with Crippen LogP contribution in [0.4, 0.5) is 5.69 Å². The molecule has 190 valence electrons. The number of nitrogens with zero attached hydrogens (tertiary/aromatic N) is 1. The topological polar surface area (TPSA) is 120 Å². The van der Waals surface area contributed by atoms with Crippen LogP contribution in [0.5, 0.6) is 17.2 Å². The maximum absolute atomic E-state index is 12.6. The Morgan fingerprint density at radius 2 is 1.72 bits per heavy atom. The van der Waals surface area contributed by atoms with E-state index in [1.807, 2.05) is 0 Å². The fourth-order valence-electron chi connectivity index (χ4n) is 3.95. The molecule has 1 fully saturated rings. The van der Waals surface area contributed by atoms with Crippen LogP contribution in [-0.4, -0.2) is 68.0 Å². The molecule has 2 aromatic rings. The molecule has 0 spiro atoms. The Morgan fingerprint density at radius 1 is 0.944 bits per heavy atom. The van der Waals surface area contributed by atoms with Crippen molar-refractivity contribution in [2.45, 2.75) is 26.2 Å². The molecule has 4 rings (SSSR count). The first kappa shape index (κ1) is 25.0. The zero-order valence-electron chi connectivity index (χ0n) is 20.0. The lowest BCUT2D eigenvalue weighted by atomic mass is 10.1. The summed E-state index contributed by atoms with van der Waals surface area (Å²) < 4.78 is 21.7. The molecule has 2 heterocycles. The van der Waals surface area contributed by atoms with Crippen LogP contribution in [0.3, 0.4) is 0 Å². The van der Waals surface area contributed by atoms with Crippen molar-refractivity contribution in [3.63, 3.8) is 0 Å². The van der Waals surface area contributed by atoms with E-state index in [2.05, 4.69) is 5.32 Å². The van der Waals surface area contributed by atoms with Gasteiger partial charge in [0, 0.05) is 18.7 Å². The maximum atomic E-state index is 12.6. The summed E-state index contributed by atoms with van der Waals surface area (Å²) in [6, 6.07) is 9.08. The van der Waals surface area contributed by atoms with E-state index in [0.717, 1.165) is 32.4 Å². The van der Waals surface area contributed by atoms with E-state index in [0.29, 0.717) is 29.5 Å². The van der Waals surface area contributed by atoms with Crippen molar-refractivity contribution in [1.82, 2.24) is 4.90 Å². The molecule has 2 aliphatic heterocycles. The second-order valence-electron chi connectivity index (χ2n) is 8.37. The van der Waals surface area contributed by atoms with Crippen molar-refractivity contribution >= 4 is 29.3 Å². The van der Waals surface area contributed by atoms with Gasteiger partial charge in [0.2, 0.25) is 0 Å². The quantitative estimate of drug-likeness (QED) is 0.416. The van der Waals surface area contributed by atoms with Crippen molar-refractivity contribution < 1.29 is 38.1 Å². The number of hydrogen-bond acceptors (Lipinski definition) is 8. The fraction of sp³-hybridized carbons (Fsp3) is 0.385. The van der Waals surface area contributed by atoms with Gasteiger partial charge >= 0.3 is 5.97 Å². The summed E-state index contributed by atoms with van der Waals surface area (Å²) in [5.41, 5.74) is 0.829. The Balaban J connectivity index is 1.35. The smallest absolute Gasteiger partial charge is 0.338 e. The number of hydrogen-bond donors (Lipinski definition) is 1. The number of nitrogens with one attached hydrogen (secondary N) is 1. The van der Waals surface area contributed by atoms with Gasteiger partial charge in [-0.05, 0) is 62.6 Å². The van der Waals surface area contributed by atoms with E-state index in [9.17, 15) is 19.2 Å². The zero-order chi connectivity index (χ0) is 25.5. The Bertz CT molecular complexity index is 1160. The molecule has 0 unspecified atom stereocenters.